The Hall–Kier alpha value is -1.97. The molecule has 0 spiro atoms. The fraction of sp³-hybridized carbons (Fsp3) is 0.300. The Balaban J connectivity index is 3.14. The number of rotatable bonds is 3. The van der Waals surface area contributed by atoms with Gasteiger partial charge < -0.3 is 4.74 Å². The van der Waals surface area contributed by atoms with Crippen molar-refractivity contribution in [2.75, 3.05) is 6.61 Å². The molecule has 4 nitrogen and oxygen atoms in total. The number of amides is 1. The van der Waals surface area contributed by atoms with E-state index in [1.54, 1.807) is 5.43 Å². The lowest BCUT2D eigenvalue weighted by molar-refractivity contribution is -0.143. The number of halogens is 6. The van der Waals surface area contributed by atoms with Crippen molar-refractivity contribution < 1.29 is 35.9 Å². The smallest absolute Gasteiger partial charge is 0.416 e. The van der Waals surface area contributed by atoms with Crippen molar-refractivity contribution in [1.82, 2.24) is 5.43 Å². The molecule has 0 aliphatic carbocycles. The molecule has 0 aliphatic rings. The molecule has 112 valence electrons. The summed E-state index contributed by atoms with van der Waals surface area (Å²) in [5, 5.41) is 0. The quantitative estimate of drug-likeness (QED) is 0.389. The lowest BCUT2D eigenvalue weighted by atomic mass is 10.1. The summed E-state index contributed by atoms with van der Waals surface area (Å²) in [5.74, 6) is 3.05. The molecule has 1 amide bonds. The highest BCUT2D eigenvalue weighted by Gasteiger charge is 2.37. The van der Waals surface area contributed by atoms with E-state index in [4.69, 9.17) is 5.84 Å². The van der Waals surface area contributed by atoms with E-state index < -0.39 is 41.7 Å². The zero-order valence-electron chi connectivity index (χ0n) is 9.60. The first-order valence-electron chi connectivity index (χ1n) is 4.96. The van der Waals surface area contributed by atoms with E-state index in [0.717, 1.165) is 0 Å². The van der Waals surface area contributed by atoms with Crippen molar-refractivity contribution >= 4 is 5.91 Å². The third kappa shape index (κ3) is 4.30. The van der Waals surface area contributed by atoms with Crippen molar-refractivity contribution in [3.05, 3.63) is 29.3 Å². The van der Waals surface area contributed by atoms with Gasteiger partial charge >= 0.3 is 12.4 Å². The van der Waals surface area contributed by atoms with E-state index in [0.29, 0.717) is 12.1 Å². The topological polar surface area (TPSA) is 64.3 Å². The Bertz CT molecular complexity index is 465. The van der Waals surface area contributed by atoms with E-state index in [1.807, 2.05) is 0 Å². The highest BCUT2D eigenvalue weighted by molar-refractivity contribution is 5.76. The maximum absolute atomic E-state index is 12.5. The molecule has 1 aromatic rings. The van der Waals surface area contributed by atoms with Crippen LogP contribution in [0.4, 0.5) is 26.3 Å². The second-order valence-electron chi connectivity index (χ2n) is 3.60. The molecule has 0 aromatic heterocycles. The van der Waals surface area contributed by atoms with E-state index >= 15 is 0 Å². The third-order valence-corrected chi connectivity index (χ3v) is 2.09. The van der Waals surface area contributed by atoms with Gasteiger partial charge in [-0.25, -0.2) is 5.84 Å². The van der Waals surface area contributed by atoms with Gasteiger partial charge in [-0.05, 0) is 18.2 Å². The minimum Gasteiger partial charge on any atom is -0.484 e. The molecule has 20 heavy (non-hydrogen) atoms. The summed E-state index contributed by atoms with van der Waals surface area (Å²) in [7, 11) is 0. The van der Waals surface area contributed by atoms with Crippen molar-refractivity contribution in [2.45, 2.75) is 12.4 Å². The number of hydrogen-bond donors (Lipinski definition) is 2. The van der Waals surface area contributed by atoms with Crippen molar-refractivity contribution in [3.8, 4) is 5.75 Å². The maximum Gasteiger partial charge on any atom is 0.416 e. The normalized spacial score (nSPS) is 12.2. The van der Waals surface area contributed by atoms with Gasteiger partial charge in [-0.3, -0.25) is 10.2 Å². The molecular weight excluding hydrogens is 294 g/mol. The Morgan fingerprint density at radius 1 is 1.05 bits per heavy atom. The Morgan fingerprint density at radius 3 is 1.85 bits per heavy atom. The lowest BCUT2D eigenvalue weighted by Gasteiger charge is -2.14. The molecule has 0 unspecified atom stereocenters. The minimum absolute atomic E-state index is 0.0458. The molecule has 1 aromatic carbocycles. The molecule has 0 aliphatic heterocycles. The monoisotopic (exact) mass is 302 g/mol. The molecule has 0 saturated heterocycles. The number of hydrogen-bond acceptors (Lipinski definition) is 3. The van der Waals surface area contributed by atoms with Crippen LogP contribution in [0.1, 0.15) is 11.1 Å². The average molecular weight is 302 g/mol. The maximum atomic E-state index is 12.5. The lowest BCUT2D eigenvalue weighted by Crippen LogP contribution is -2.34. The highest BCUT2D eigenvalue weighted by Crippen LogP contribution is 2.38. The van der Waals surface area contributed by atoms with Crippen LogP contribution in [0, 0.1) is 0 Å². The Labute approximate surface area is 108 Å². The Morgan fingerprint density at radius 2 is 1.50 bits per heavy atom. The summed E-state index contributed by atoms with van der Waals surface area (Å²) in [6, 6.07) is 0.675. The second-order valence-corrected chi connectivity index (χ2v) is 3.60. The average Bonchev–Trinajstić information content (AvgIpc) is 2.33. The van der Waals surface area contributed by atoms with E-state index in [1.165, 1.54) is 0 Å². The van der Waals surface area contributed by atoms with Crippen LogP contribution >= 0.6 is 0 Å². The van der Waals surface area contributed by atoms with Gasteiger partial charge in [0.15, 0.2) is 6.61 Å². The first kappa shape index (κ1) is 16.1. The van der Waals surface area contributed by atoms with Crippen molar-refractivity contribution in [2.24, 2.45) is 5.84 Å². The zero-order chi connectivity index (χ0) is 15.6. The van der Waals surface area contributed by atoms with Crippen LogP contribution in [-0.2, 0) is 17.1 Å². The number of ether oxygens (including phenoxy) is 1. The Kier molecular flexibility index (Phi) is 4.48. The van der Waals surface area contributed by atoms with Crippen LogP contribution in [0.2, 0.25) is 0 Å². The number of nitrogens with two attached hydrogens (primary N) is 1. The van der Waals surface area contributed by atoms with Crippen LogP contribution in [0.25, 0.3) is 0 Å². The number of benzene rings is 1. The standard InChI is InChI=1S/C10H8F6N2O2/c11-9(12,13)5-1-6(10(14,15)16)3-7(2-5)20-4-8(19)18-17/h1-3H,4,17H2,(H,18,19). The predicted octanol–water partition coefficient (Wildman–Crippen LogP) is 2.09. The third-order valence-electron chi connectivity index (χ3n) is 2.09. The highest BCUT2D eigenvalue weighted by atomic mass is 19.4. The number of nitrogens with one attached hydrogen (secondary N) is 1. The van der Waals surface area contributed by atoms with Crippen LogP contribution in [0.15, 0.2) is 18.2 Å². The SMILES string of the molecule is NNC(=O)COc1cc(C(F)(F)F)cc(C(F)(F)F)c1. The fourth-order valence-corrected chi connectivity index (χ4v) is 1.20. The molecule has 0 radical (unpaired) electrons. The molecule has 10 heteroatoms. The number of alkyl halides is 6. The summed E-state index contributed by atoms with van der Waals surface area (Å²) >= 11 is 0. The minimum atomic E-state index is -4.98. The summed E-state index contributed by atoms with van der Waals surface area (Å²) in [4.78, 5) is 10.7. The van der Waals surface area contributed by atoms with Gasteiger partial charge in [0.05, 0.1) is 11.1 Å². The van der Waals surface area contributed by atoms with Crippen molar-refractivity contribution in [1.29, 1.82) is 0 Å². The molecule has 0 saturated carbocycles. The van der Waals surface area contributed by atoms with Gasteiger partial charge in [0.2, 0.25) is 0 Å². The van der Waals surface area contributed by atoms with Crippen LogP contribution in [-0.4, -0.2) is 12.5 Å². The molecule has 0 atom stereocenters. The van der Waals surface area contributed by atoms with E-state index in [-0.39, 0.29) is 6.07 Å². The molecule has 0 fully saturated rings. The van der Waals surface area contributed by atoms with E-state index in [9.17, 15) is 31.1 Å². The fourth-order valence-electron chi connectivity index (χ4n) is 1.20. The first-order chi connectivity index (χ1) is 9.04. The van der Waals surface area contributed by atoms with E-state index in [2.05, 4.69) is 4.74 Å². The summed E-state index contributed by atoms with van der Waals surface area (Å²) in [6.45, 7) is -0.810. The molecular formula is C10H8F6N2O2. The van der Waals surface area contributed by atoms with Crippen molar-refractivity contribution in [3.63, 3.8) is 0 Å². The zero-order valence-corrected chi connectivity index (χ0v) is 9.60. The van der Waals surface area contributed by atoms with Crippen LogP contribution < -0.4 is 16.0 Å². The van der Waals surface area contributed by atoms with Gasteiger partial charge in [-0.15, -0.1) is 0 Å². The van der Waals surface area contributed by atoms with Crippen LogP contribution in [0.5, 0.6) is 5.75 Å². The van der Waals surface area contributed by atoms with Crippen LogP contribution in [0.3, 0.4) is 0 Å². The van der Waals surface area contributed by atoms with Gasteiger partial charge in [0, 0.05) is 0 Å². The van der Waals surface area contributed by atoms with Gasteiger partial charge in [0.25, 0.3) is 5.91 Å². The molecule has 1 rings (SSSR count). The summed E-state index contributed by atoms with van der Waals surface area (Å²) in [6.07, 6.45) is -9.95. The molecule has 0 heterocycles. The largest absolute Gasteiger partial charge is 0.484 e. The molecule has 3 N–H and O–H groups in total. The predicted molar refractivity (Wildman–Crippen MR) is 54.3 cm³/mol. The first-order valence-corrected chi connectivity index (χ1v) is 4.96. The molecule has 0 bridgehead atoms. The number of carbonyl (C=O) groups is 1. The van der Waals surface area contributed by atoms with Gasteiger partial charge in [-0.2, -0.15) is 26.3 Å². The number of hydrazine groups is 1. The van der Waals surface area contributed by atoms with Gasteiger partial charge in [-0.1, -0.05) is 0 Å². The summed E-state index contributed by atoms with van der Waals surface area (Å²) in [5.41, 5.74) is -1.45. The second kappa shape index (κ2) is 5.57. The van der Waals surface area contributed by atoms with Gasteiger partial charge in [0.1, 0.15) is 5.75 Å². The number of carbonyl (C=O) groups excluding carboxylic acids is 1. The summed E-state index contributed by atoms with van der Waals surface area (Å²) < 4.78 is 79.4.